The Bertz CT molecular complexity index is 1070. The summed E-state index contributed by atoms with van der Waals surface area (Å²) < 4.78 is 6.74. The van der Waals surface area contributed by atoms with Crippen molar-refractivity contribution in [3.63, 3.8) is 0 Å². The minimum atomic E-state index is 0.00356. The highest BCUT2D eigenvalue weighted by molar-refractivity contribution is 5.68. The minimum absolute atomic E-state index is 0.00356. The summed E-state index contributed by atoms with van der Waals surface area (Å²) in [5.41, 5.74) is 8.39. The first kappa shape index (κ1) is 27.4. The topological polar surface area (TPSA) is 12.5 Å². The standard InChI is InChI=1S/C35H45NO/c1-27(2)33(28-18-20-31(21-19-28)35(3,4)5)17-12-24-36-25-22-32(23-26-36)37-34(29-13-8-6-9-14-29)30-15-10-7-11-16-30/h6-11,13-16,18-21,32,34H,12,17,22-26H2,1-5H3. The summed E-state index contributed by atoms with van der Waals surface area (Å²) >= 11 is 0. The monoisotopic (exact) mass is 495 g/mol. The summed E-state index contributed by atoms with van der Waals surface area (Å²) in [6.45, 7) is 14.7. The van der Waals surface area contributed by atoms with E-state index in [1.165, 1.54) is 39.8 Å². The fourth-order valence-electron chi connectivity index (χ4n) is 5.40. The molecule has 1 fully saturated rings. The van der Waals surface area contributed by atoms with E-state index in [0.717, 1.165) is 38.9 Å². The Morgan fingerprint density at radius 3 is 1.84 bits per heavy atom. The van der Waals surface area contributed by atoms with Gasteiger partial charge in [-0.05, 0) is 79.3 Å². The third kappa shape index (κ3) is 7.66. The smallest absolute Gasteiger partial charge is 0.108 e. The van der Waals surface area contributed by atoms with Gasteiger partial charge in [-0.2, -0.15) is 0 Å². The van der Waals surface area contributed by atoms with E-state index in [4.69, 9.17) is 4.74 Å². The fraction of sp³-hybridized carbons (Fsp3) is 0.429. The van der Waals surface area contributed by atoms with Crippen LogP contribution in [0.15, 0.2) is 90.5 Å². The van der Waals surface area contributed by atoms with E-state index >= 15 is 0 Å². The van der Waals surface area contributed by atoms with E-state index in [-0.39, 0.29) is 11.5 Å². The van der Waals surface area contributed by atoms with Gasteiger partial charge < -0.3 is 9.64 Å². The molecule has 2 heteroatoms. The zero-order valence-electron chi connectivity index (χ0n) is 23.5. The van der Waals surface area contributed by atoms with Crippen molar-refractivity contribution < 1.29 is 4.74 Å². The van der Waals surface area contributed by atoms with Crippen molar-refractivity contribution in [1.29, 1.82) is 0 Å². The van der Waals surface area contributed by atoms with E-state index in [0.29, 0.717) is 6.10 Å². The van der Waals surface area contributed by atoms with Crippen molar-refractivity contribution in [3.8, 4) is 0 Å². The van der Waals surface area contributed by atoms with Crippen molar-refractivity contribution in [1.82, 2.24) is 4.90 Å². The molecule has 196 valence electrons. The van der Waals surface area contributed by atoms with Crippen molar-refractivity contribution in [2.45, 2.75) is 77.9 Å². The Labute approximate surface area is 225 Å². The highest BCUT2D eigenvalue weighted by Gasteiger charge is 2.24. The maximum Gasteiger partial charge on any atom is 0.108 e. The van der Waals surface area contributed by atoms with Crippen LogP contribution in [0.3, 0.4) is 0 Å². The van der Waals surface area contributed by atoms with Gasteiger partial charge in [-0.15, -0.1) is 0 Å². The number of piperidine rings is 1. The van der Waals surface area contributed by atoms with Gasteiger partial charge >= 0.3 is 0 Å². The summed E-state index contributed by atoms with van der Waals surface area (Å²) in [7, 11) is 0. The van der Waals surface area contributed by atoms with E-state index in [9.17, 15) is 0 Å². The first-order valence-corrected chi connectivity index (χ1v) is 14.1. The second-order valence-corrected chi connectivity index (χ2v) is 11.8. The van der Waals surface area contributed by atoms with E-state index in [1.807, 2.05) is 0 Å². The molecule has 3 aromatic rings. The molecule has 4 rings (SSSR count). The number of benzene rings is 3. The molecule has 0 unspecified atom stereocenters. The molecule has 37 heavy (non-hydrogen) atoms. The highest BCUT2D eigenvalue weighted by Crippen LogP contribution is 2.31. The van der Waals surface area contributed by atoms with Gasteiger partial charge in [0.1, 0.15) is 6.10 Å². The third-order valence-electron chi connectivity index (χ3n) is 7.67. The maximum absolute atomic E-state index is 6.74. The van der Waals surface area contributed by atoms with Crippen LogP contribution in [0.1, 0.15) is 88.7 Å². The average Bonchev–Trinajstić information content (AvgIpc) is 2.91. The van der Waals surface area contributed by atoms with Crippen molar-refractivity contribution in [2.24, 2.45) is 0 Å². The number of hydrogen-bond donors (Lipinski definition) is 0. The number of hydrogen-bond acceptors (Lipinski definition) is 2. The van der Waals surface area contributed by atoms with Crippen LogP contribution < -0.4 is 0 Å². The SMILES string of the molecule is CC(C)=C(CCCN1CCC(OC(c2ccccc2)c2ccccc2)CC1)c1ccc(C(C)(C)C)cc1. The van der Waals surface area contributed by atoms with E-state index in [1.54, 1.807) is 0 Å². The number of likely N-dealkylation sites (tertiary alicyclic amines) is 1. The molecule has 0 atom stereocenters. The lowest BCUT2D eigenvalue weighted by atomic mass is 9.85. The molecule has 0 N–H and O–H groups in total. The number of ether oxygens (including phenoxy) is 1. The minimum Gasteiger partial charge on any atom is -0.365 e. The van der Waals surface area contributed by atoms with Crippen LogP contribution in [-0.2, 0) is 10.2 Å². The van der Waals surface area contributed by atoms with Crippen LogP contribution in [0.4, 0.5) is 0 Å². The molecule has 0 amide bonds. The van der Waals surface area contributed by atoms with Crippen LogP contribution in [0.25, 0.3) is 5.57 Å². The van der Waals surface area contributed by atoms with Crippen molar-refractivity contribution in [2.75, 3.05) is 19.6 Å². The zero-order valence-corrected chi connectivity index (χ0v) is 23.5. The Morgan fingerprint density at radius 1 is 0.811 bits per heavy atom. The van der Waals surface area contributed by atoms with Gasteiger partial charge in [-0.3, -0.25) is 0 Å². The van der Waals surface area contributed by atoms with Gasteiger partial charge in [-0.25, -0.2) is 0 Å². The van der Waals surface area contributed by atoms with Gasteiger partial charge in [-0.1, -0.05) is 111 Å². The quantitative estimate of drug-likeness (QED) is 0.294. The van der Waals surface area contributed by atoms with E-state index in [2.05, 4.69) is 124 Å². The molecule has 0 aliphatic carbocycles. The Morgan fingerprint density at radius 2 is 1.35 bits per heavy atom. The maximum atomic E-state index is 6.74. The molecular weight excluding hydrogens is 450 g/mol. The molecular formula is C35H45NO. The van der Waals surface area contributed by atoms with Crippen LogP contribution in [0, 0.1) is 0 Å². The normalized spacial score (nSPS) is 15.2. The second kappa shape index (κ2) is 12.7. The Hall–Kier alpha value is -2.68. The first-order chi connectivity index (χ1) is 17.8. The molecule has 1 saturated heterocycles. The predicted octanol–water partition coefficient (Wildman–Crippen LogP) is 8.83. The lowest BCUT2D eigenvalue weighted by Crippen LogP contribution is -2.38. The summed E-state index contributed by atoms with van der Waals surface area (Å²) in [6.07, 6.45) is 4.83. The molecule has 0 radical (unpaired) electrons. The lowest BCUT2D eigenvalue weighted by Gasteiger charge is -2.34. The van der Waals surface area contributed by atoms with Gasteiger partial charge in [0, 0.05) is 13.1 Å². The summed E-state index contributed by atoms with van der Waals surface area (Å²) in [5, 5.41) is 0. The molecule has 3 aromatic carbocycles. The molecule has 0 saturated carbocycles. The molecule has 0 bridgehead atoms. The van der Waals surface area contributed by atoms with Gasteiger partial charge in [0.15, 0.2) is 0 Å². The summed E-state index contributed by atoms with van der Waals surface area (Å²) in [6, 6.07) is 30.6. The molecule has 1 aliphatic heterocycles. The molecule has 1 aliphatic rings. The fourth-order valence-corrected chi connectivity index (χ4v) is 5.40. The lowest BCUT2D eigenvalue weighted by molar-refractivity contribution is -0.0269. The molecule has 0 spiro atoms. The molecule has 1 heterocycles. The summed E-state index contributed by atoms with van der Waals surface area (Å²) in [4.78, 5) is 2.63. The molecule has 2 nitrogen and oxygen atoms in total. The first-order valence-electron chi connectivity index (χ1n) is 14.1. The highest BCUT2D eigenvalue weighted by atomic mass is 16.5. The van der Waals surface area contributed by atoms with Gasteiger partial charge in [0.05, 0.1) is 6.10 Å². The van der Waals surface area contributed by atoms with Gasteiger partial charge in [0.2, 0.25) is 0 Å². The third-order valence-corrected chi connectivity index (χ3v) is 7.67. The zero-order chi connectivity index (χ0) is 26.3. The average molecular weight is 496 g/mol. The van der Waals surface area contributed by atoms with Crippen LogP contribution in [-0.4, -0.2) is 30.6 Å². The largest absolute Gasteiger partial charge is 0.365 e. The number of rotatable bonds is 9. The number of allylic oxidation sites excluding steroid dienone is 2. The number of nitrogens with zero attached hydrogens (tertiary/aromatic N) is 1. The summed E-state index contributed by atoms with van der Waals surface area (Å²) in [5.74, 6) is 0. The van der Waals surface area contributed by atoms with Gasteiger partial charge in [0.25, 0.3) is 0 Å². The van der Waals surface area contributed by atoms with Crippen LogP contribution >= 0.6 is 0 Å². The second-order valence-electron chi connectivity index (χ2n) is 11.8. The van der Waals surface area contributed by atoms with Crippen molar-refractivity contribution >= 4 is 5.57 Å². The Kier molecular flexibility index (Phi) is 9.40. The van der Waals surface area contributed by atoms with Crippen LogP contribution in [0.2, 0.25) is 0 Å². The van der Waals surface area contributed by atoms with E-state index < -0.39 is 0 Å². The Balaban J connectivity index is 1.29. The van der Waals surface area contributed by atoms with Crippen molar-refractivity contribution in [3.05, 3.63) is 113 Å². The molecule has 0 aromatic heterocycles. The van der Waals surface area contributed by atoms with Crippen LogP contribution in [0.5, 0.6) is 0 Å². The predicted molar refractivity (Wildman–Crippen MR) is 158 cm³/mol.